The van der Waals surface area contributed by atoms with Gasteiger partial charge in [0.25, 0.3) is 10.0 Å². The number of nitrogens with zero attached hydrogens (tertiary/aromatic N) is 1. The zero-order valence-electron chi connectivity index (χ0n) is 18.8. The molecule has 1 heterocycles. The molecule has 1 fully saturated rings. The minimum atomic E-state index is -4.38. The van der Waals surface area contributed by atoms with Gasteiger partial charge in [0.15, 0.2) is 0 Å². The Morgan fingerprint density at radius 2 is 1.97 bits per heavy atom. The molecule has 9 nitrogen and oxygen atoms in total. The van der Waals surface area contributed by atoms with Crippen LogP contribution < -0.4 is 14.8 Å². The average Bonchev–Trinajstić information content (AvgIpc) is 3.52. The number of hydrogen-bond acceptors (Lipinski definition) is 6. The van der Waals surface area contributed by atoms with Crippen LogP contribution in [0.3, 0.4) is 0 Å². The van der Waals surface area contributed by atoms with E-state index in [0.29, 0.717) is 25.5 Å². The fraction of sp³-hybridized carbons (Fsp3) is 0.391. The highest BCUT2D eigenvalue weighted by Crippen LogP contribution is 2.55. The Morgan fingerprint density at radius 3 is 2.68 bits per heavy atom. The summed E-state index contributed by atoms with van der Waals surface area (Å²) in [6.45, 7) is 1.04. The molecule has 1 aliphatic heterocycles. The Hall–Kier alpha value is -3.18. The number of amides is 1. The van der Waals surface area contributed by atoms with E-state index in [9.17, 15) is 27.5 Å². The largest absolute Gasteiger partial charge is 0.492 e. The average molecular weight is 492 g/mol. The van der Waals surface area contributed by atoms with Crippen molar-refractivity contribution in [3.63, 3.8) is 0 Å². The van der Waals surface area contributed by atoms with Crippen LogP contribution in [-0.4, -0.2) is 57.5 Å². The maximum atomic E-state index is 13.9. The number of benzene rings is 2. The van der Waals surface area contributed by atoms with Gasteiger partial charge in [-0.15, -0.1) is 0 Å². The molecule has 4 rings (SSSR count). The minimum Gasteiger partial charge on any atom is -0.492 e. The van der Waals surface area contributed by atoms with Crippen molar-refractivity contribution in [2.24, 2.45) is 5.92 Å². The second-order valence-electron chi connectivity index (χ2n) is 8.83. The molecule has 1 amide bonds. The van der Waals surface area contributed by atoms with Crippen molar-refractivity contribution < 1.29 is 32.2 Å². The molecule has 1 aliphatic carbocycles. The molecule has 11 heteroatoms. The Kier molecular flexibility index (Phi) is 6.50. The number of carboxylic acids is 1. The highest BCUT2D eigenvalue weighted by molar-refractivity contribution is 7.92. The van der Waals surface area contributed by atoms with Gasteiger partial charge in [-0.3, -0.25) is 9.52 Å². The Bertz CT molecular complexity index is 1250. The smallest absolute Gasteiger partial charge is 0.341 e. The zero-order chi connectivity index (χ0) is 24.6. The normalized spacial score (nSPS) is 18.5. The van der Waals surface area contributed by atoms with Crippen LogP contribution in [0.2, 0.25) is 0 Å². The molecule has 1 saturated carbocycles. The van der Waals surface area contributed by atoms with Crippen molar-refractivity contribution in [1.82, 2.24) is 4.90 Å². The van der Waals surface area contributed by atoms with Gasteiger partial charge in [-0.25, -0.2) is 17.6 Å². The van der Waals surface area contributed by atoms with E-state index >= 15 is 0 Å². The summed E-state index contributed by atoms with van der Waals surface area (Å²) in [7, 11) is -0.660. The second kappa shape index (κ2) is 9.22. The molecular formula is C23H26FN3O6S. The van der Waals surface area contributed by atoms with E-state index in [1.807, 2.05) is 19.0 Å². The molecule has 0 saturated heterocycles. The molecule has 2 aromatic rings. The van der Waals surface area contributed by atoms with Gasteiger partial charge in [0.2, 0.25) is 5.91 Å². The maximum Gasteiger partial charge on any atom is 0.341 e. The van der Waals surface area contributed by atoms with Crippen molar-refractivity contribution in [2.45, 2.75) is 30.1 Å². The van der Waals surface area contributed by atoms with Crippen LogP contribution in [0.25, 0.3) is 0 Å². The van der Waals surface area contributed by atoms with E-state index in [-0.39, 0.29) is 39.9 Å². The van der Waals surface area contributed by atoms with E-state index in [1.54, 1.807) is 6.07 Å². The molecule has 182 valence electrons. The van der Waals surface area contributed by atoms with Crippen molar-refractivity contribution in [2.75, 3.05) is 37.3 Å². The van der Waals surface area contributed by atoms with Gasteiger partial charge in [-0.05, 0) is 69.2 Å². The topological polar surface area (TPSA) is 125 Å². The Labute approximate surface area is 197 Å². The van der Waals surface area contributed by atoms with Gasteiger partial charge in [0.1, 0.15) is 22.0 Å². The molecule has 2 aliphatic rings. The highest BCUT2D eigenvalue weighted by atomic mass is 32.2. The lowest BCUT2D eigenvalue weighted by atomic mass is 10.0. The molecule has 0 radical (unpaired) electrons. The third-order valence-corrected chi connectivity index (χ3v) is 7.35. The van der Waals surface area contributed by atoms with Crippen molar-refractivity contribution >= 4 is 33.3 Å². The number of fused-ring (bicyclic) bond motifs is 3. The summed E-state index contributed by atoms with van der Waals surface area (Å²) in [6, 6.07) is 5.96. The summed E-state index contributed by atoms with van der Waals surface area (Å²) in [5, 5.41) is 12.3. The number of carboxylic acid groups (broad SMARTS) is 1. The summed E-state index contributed by atoms with van der Waals surface area (Å²) < 4.78 is 48.3. The van der Waals surface area contributed by atoms with Gasteiger partial charge < -0.3 is 20.1 Å². The molecule has 34 heavy (non-hydrogen) atoms. The summed E-state index contributed by atoms with van der Waals surface area (Å²) >= 11 is 0. The second-order valence-corrected chi connectivity index (χ2v) is 10.5. The van der Waals surface area contributed by atoms with Crippen LogP contribution in [0.5, 0.6) is 5.75 Å². The number of anilines is 2. The number of carbonyl (C=O) groups is 2. The highest BCUT2D eigenvalue weighted by Gasteiger charge is 2.45. The predicted molar refractivity (Wildman–Crippen MR) is 123 cm³/mol. The van der Waals surface area contributed by atoms with E-state index in [1.165, 1.54) is 6.07 Å². The molecule has 0 aromatic heterocycles. The van der Waals surface area contributed by atoms with E-state index in [0.717, 1.165) is 30.2 Å². The van der Waals surface area contributed by atoms with Gasteiger partial charge in [0.05, 0.1) is 18.0 Å². The minimum absolute atomic E-state index is 0.120. The van der Waals surface area contributed by atoms with Crippen molar-refractivity contribution in [1.29, 1.82) is 0 Å². The van der Waals surface area contributed by atoms with Gasteiger partial charge in [-0.2, -0.15) is 0 Å². The van der Waals surface area contributed by atoms with Crippen LogP contribution in [0.15, 0.2) is 35.2 Å². The van der Waals surface area contributed by atoms with Crippen LogP contribution >= 0.6 is 0 Å². The van der Waals surface area contributed by atoms with E-state index in [4.69, 9.17) is 4.74 Å². The van der Waals surface area contributed by atoms with Crippen LogP contribution in [0, 0.1) is 11.7 Å². The van der Waals surface area contributed by atoms with Crippen molar-refractivity contribution in [3.8, 4) is 5.75 Å². The number of ether oxygens (including phenoxy) is 1. The van der Waals surface area contributed by atoms with Gasteiger partial charge in [0, 0.05) is 12.3 Å². The summed E-state index contributed by atoms with van der Waals surface area (Å²) in [4.78, 5) is 25.9. The molecule has 3 N–H and O–H groups in total. The van der Waals surface area contributed by atoms with Crippen molar-refractivity contribution in [3.05, 3.63) is 47.3 Å². The SMILES string of the molecule is CN(C)CCCC(=O)Nc1cc(F)ccc1S(=O)(=O)Nc1ccc2c(c1C(=O)O)OCC1CC21. The Morgan fingerprint density at radius 1 is 1.21 bits per heavy atom. The standard InChI is InChI=1S/C23H26FN3O6S/c1-27(2)9-3-4-20(28)25-18-11-14(24)5-8-19(18)34(31,32)26-17-7-6-15-16-10-13(16)12-33-22(15)21(17)23(29)30/h5-8,11,13,16,26H,3-4,9-10,12H2,1-2H3,(H,25,28)(H,29,30). The summed E-state index contributed by atoms with van der Waals surface area (Å²) in [5.41, 5.74) is 0.0825. The molecule has 2 aromatic carbocycles. The van der Waals surface area contributed by atoms with Gasteiger partial charge >= 0.3 is 5.97 Å². The first-order valence-electron chi connectivity index (χ1n) is 10.9. The number of aromatic carboxylic acids is 1. The number of rotatable bonds is 9. The summed E-state index contributed by atoms with van der Waals surface area (Å²) in [6.07, 6.45) is 1.56. The first kappa shape index (κ1) is 24.0. The van der Waals surface area contributed by atoms with E-state index in [2.05, 4.69) is 10.0 Å². The number of carbonyl (C=O) groups excluding carboxylic acids is 1. The maximum absolute atomic E-state index is 13.9. The molecule has 2 unspecified atom stereocenters. The van der Waals surface area contributed by atoms with Crippen LogP contribution in [0.4, 0.5) is 15.8 Å². The van der Waals surface area contributed by atoms with Gasteiger partial charge in [-0.1, -0.05) is 6.07 Å². The lowest BCUT2D eigenvalue weighted by Crippen LogP contribution is -2.21. The third kappa shape index (κ3) is 5.00. The van der Waals surface area contributed by atoms with Crippen LogP contribution in [0.1, 0.15) is 41.1 Å². The fourth-order valence-corrected chi connectivity index (χ4v) is 5.37. The fourth-order valence-electron chi connectivity index (χ4n) is 4.15. The quantitative estimate of drug-likeness (QED) is 0.492. The number of nitrogens with one attached hydrogen (secondary N) is 2. The van der Waals surface area contributed by atoms with E-state index < -0.39 is 27.7 Å². The lowest BCUT2D eigenvalue weighted by Gasteiger charge is -2.21. The predicted octanol–water partition coefficient (Wildman–Crippen LogP) is 3.10. The first-order chi connectivity index (χ1) is 16.1. The first-order valence-corrected chi connectivity index (χ1v) is 12.3. The Balaban J connectivity index is 1.62. The molecule has 2 atom stereocenters. The monoisotopic (exact) mass is 491 g/mol. The summed E-state index contributed by atoms with van der Waals surface area (Å²) in [5.74, 6) is -1.77. The number of sulfonamides is 1. The third-order valence-electron chi connectivity index (χ3n) is 5.92. The lowest BCUT2D eigenvalue weighted by molar-refractivity contribution is -0.116. The van der Waals surface area contributed by atoms with Crippen LogP contribution in [-0.2, 0) is 14.8 Å². The molecule has 0 bridgehead atoms. The zero-order valence-corrected chi connectivity index (χ0v) is 19.6. The number of hydrogen-bond donors (Lipinski definition) is 3. The number of halogens is 1. The molecule has 0 spiro atoms. The molecular weight excluding hydrogens is 465 g/mol.